The van der Waals surface area contributed by atoms with E-state index in [-0.39, 0.29) is 5.75 Å². The standard InChI is InChI=1S/C23H27NO2/c1-2-3-4-5-9-16-21-22(25)23(19-14-10-11-15-20(19)24-21)26-17-18-12-7-6-8-13-18/h6-8,10-15,25H,2-5,9,16-17H2,1H3. The molecule has 3 aromatic rings. The Morgan fingerprint density at radius 1 is 0.885 bits per heavy atom. The quantitative estimate of drug-likeness (QED) is 0.479. The van der Waals surface area contributed by atoms with E-state index in [2.05, 4.69) is 11.9 Å². The highest BCUT2D eigenvalue weighted by Crippen LogP contribution is 2.37. The Hall–Kier alpha value is -2.55. The fraction of sp³-hybridized carbons (Fsp3) is 0.348. The molecule has 0 atom stereocenters. The maximum absolute atomic E-state index is 10.8. The van der Waals surface area contributed by atoms with Gasteiger partial charge in [-0.2, -0.15) is 0 Å². The topological polar surface area (TPSA) is 42.4 Å². The van der Waals surface area contributed by atoms with Gasteiger partial charge in [0.25, 0.3) is 0 Å². The third-order valence-electron chi connectivity index (χ3n) is 4.64. The number of para-hydroxylation sites is 1. The van der Waals surface area contributed by atoms with Gasteiger partial charge in [0, 0.05) is 5.39 Å². The van der Waals surface area contributed by atoms with Crippen LogP contribution in [0.1, 0.15) is 50.3 Å². The minimum atomic E-state index is 0.190. The summed E-state index contributed by atoms with van der Waals surface area (Å²) in [6, 6.07) is 17.9. The predicted molar refractivity (Wildman–Crippen MR) is 107 cm³/mol. The summed E-state index contributed by atoms with van der Waals surface area (Å²) in [5.41, 5.74) is 2.69. The van der Waals surface area contributed by atoms with Gasteiger partial charge < -0.3 is 9.84 Å². The van der Waals surface area contributed by atoms with Crippen molar-refractivity contribution in [1.82, 2.24) is 4.98 Å². The predicted octanol–water partition coefficient (Wildman–Crippen LogP) is 6.03. The van der Waals surface area contributed by atoms with Gasteiger partial charge in [0.2, 0.25) is 0 Å². The molecule has 1 N–H and O–H groups in total. The molecule has 0 bridgehead atoms. The lowest BCUT2D eigenvalue weighted by Gasteiger charge is -2.14. The van der Waals surface area contributed by atoms with Crippen LogP contribution in [0, 0.1) is 0 Å². The van der Waals surface area contributed by atoms with E-state index in [0.717, 1.165) is 35.0 Å². The van der Waals surface area contributed by atoms with Crippen molar-refractivity contribution in [3.63, 3.8) is 0 Å². The van der Waals surface area contributed by atoms with Crippen LogP contribution in [0.4, 0.5) is 0 Å². The molecule has 0 aliphatic carbocycles. The number of aromatic hydroxyl groups is 1. The average Bonchev–Trinajstić information content (AvgIpc) is 2.68. The van der Waals surface area contributed by atoms with Crippen molar-refractivity contribution in [2.45, 2.75) is 52.1 Å². The molecule has 0 amide bonds. The Labute approximate surface area is 155 Å². The second-order valence-electron chi connectivity index (χ2n) is 6.69. The molecule has 0 spiro atoms. The van der Waals surface area contributed by atoms with Crippen LogP contribution in [0.25, 0.3) is 10.9 Å². The first kappa shape index (κ1) is 18.2. The van der Waals surface area contributed by atoms with E-state index in [0.29, 0.717) is 12.4 Å². The van der Waals surface area contributed by atoms with E-state index in [1.165, 1.54) is 25.7 Å². The SMILES string of the molecule is CCCCCCCc1nc2ccccc2c(OCc2ccccc2)c1O. The molecule has 0 aliphatic heterocycles. The van der Waals surface area contributed by atoms with E-state index in [1.807, 2.05) is 54.6 Å². The number of nitrogens with zero attached hydrogens (tertiary/aromatic N) is 1. The van der Waals surface area contributed by atoms with Gasteiger partial charge in [-0.05, 0) is 30.5 Å². The fourth-order valence-electron chi connectivity index (χ4n) is 3.17. The van der Waals surface area contributed by atoms with E-state index < -0.39 is 0 Å². The minimum absolute atomic E-state index is 0.190. The number of hydrogen-bond donors (Lipinski definition) is 1. The van der Waals surface area contributed by atoms with Gasteiger partial charge in [-0.3, -0.25) is 0 Å². The Morgan fingerprint density at radius 3 is 2.42 bits per heavy atom. The van der Waals surface area contributed by atoms with Crippen LogP contribution in [0.3, 0.4) is 0 Å². The highest BCUT2D eigenvalue weighted by molar-refractivity contribution is 5.88. The summed E-state index contributed by atoms with van der Waals surface area (Å²) >= 11 is 0. The van der Waals surface area contributed by atoms with E-state index in [4.69, 9.17) is 4.74 Å². The number of aryl methyl sites for hydroxylation is 1. The monoisotopic (exact) mass is 349 g/mol. The molecule has 0 saturated heterocycles. The Balaban J connectivity index is 1.81. The van der Waals surface area contributed by atoms with Gasteiger partial charge in [-0.1, -0.05) is 75.1 Å². The summed E-state index contributed by atoms with van der Waals surface area (Å²) in [5, 5.41) is 11.6. The zero-order valence-electron chi connectivity index (χ0n) is 15.4. The number of fused-ring (bicyclic) bond motifs is 1. The molecule has 0 saturated carbocycles. The smallest absolute Gasteiger partial charge is 0.180 e. The van der Waals surface area contributed by atoms with E-state index in [1.54, 1.807) is 0 Å². The van der Waals surface area contributed by atoms with Crippen LogP contribution in [-0.4, -0.2) is 10.1 Å². The number of pyridine rings is 1. The third-order valence-corrected chi connectivity index (χ3v) is 4.64. The number of ether oxygens (including phenoxy) is 1. The summed E-state index contributed by atoms with van der Waals surface area (Å²) in [6.45, 7) is 2.64. The first-order valence-corrected chi connectivity index (χ1v) is 9.57. The molecule has 0 unspecified atom stereocenters. The van der Waals surface area contributed by atoms with Crippen LogP contribution < -0.4 is 4.74 Å². The number of aromatic nitrogens is 1. The maximum atomic E-state index is 10.8. The molecule has 3 rings (SSSR count). The van der Waals surface area contributed by atoms with Gasteiger partial charge in [0.15, 0.2) is 11.5 Å². The van der Waals surface area contributed by atoms with Crippen molar-refractivity contribution >= 4 is 10.9 Å². The van der Waals surface area contributed by atoms with Crippen molar-refractivity contribution < 1.29 is 9.84 Å². The third kappa shape index (κ3) is 4.54. The van der Waals surface area contributed by atoms with Crippen molar-refractivity contribution in [3.8, 4) is 11.5 Å². The largest absolute Gasteiger partial charge is 0.503 e. The van der Waals surface area contributed by atoms with Crippen LogP contribution in [0.2, 0.25) is 0 Å². The van der Waals surface area contributed by atoms with E-state index in [9.17, 15) is 5.11 Å². The molecule has 3 heteroatoms. The number of rotatable bonds is 9. The number of benzene rings is 2. The summed E-state index contributed by atoms with van der Waals surface area (Å²) < 4.78 is 6.03. The first-order valence-electron chi connectivity index (χ1n) is 9.57. The molecule has 3 nitrogen and oxygen atoms in total. The van der Waals surface area contributed by atoms with Crippen LogP contribution >= 0.6 is 0 Å². The molecular weight excluding hydrogens is 322 g/mol. The normalized spacial score (nSPS) is 11.0. The minimum Gasteiger partial charge on any atom is -0.503 e. The van der Waals surface area contributed by atoms with Gasteiger partial charge >= 0.3 is 0 Å². The number of unbranched alkanes of at least 4 members (excludes halogenated alkanes) is 4. The maximum Gasteiger partial charge on any atom is 0.180 e. The molecule has 1 aromatic heterocycles. The van der Waals surface area contributed by atoms with Gasteiger partial charge in [0.1, 0.15) is 6.61 Å². The van der Waals surface area contributed by atoms with Crippen molar-refractivity contribution in [3.05, 3.63) is 65.9 Å². The summed E-state index contributed by atoms with van der Waals surface area (Å²) in [7, 11) is 0. The molecule has 2 aromatic carbocycles. The average molecular weight is 349 g/mol. The fourth-order valence-corrected chi connectivity index (χ4v) is 3.17. The Kier molecular flexibility index (Phi) is 6.48. The van der Waals surface area contributed by atoms with Gasteiger partial charge in [0.05, 0.1) is 11.2 Å². The summed E-state index contributed by atoms with van der Waals surface area (Å²) in [6.07, 6.45) is 6.73. The van der Waals surface area contributed by atoms with E-state index >= 15 is 0 Å². The molecule has 26 heavy (non-hydrogen) atoms. The second kappa shape index (κ2) is 9.23. The zero-order valence-corrected chi connectivity index (χ0v) is 15.4. The van der Waals surface area contributed by atoms with Crippen molar-refractivity contribution in [2.75, 3.05) is 0 Å². The molecular formula is C23H27NO2. The molecule has 0 radical (unpaired) electrons. The second-order valence-corrected chi connectivity index (χ2v) is 6.69. The van der Waals surface area contributed by atoms with Crippen LogP contribution in [-0.2, 0) is 13.0 Å². The molecule has 136 valence electrons. The van der Waals surface area contributed by atoms with Crippen LogP contribution in [0.5, 0.6) is 11.5 Å². The lowest BCUT2D eigenvalue weighted by molar-refractivity contribution is 0.291. The van der Waals surface area contributed by atoms with Crippen molar-refractivity contribution in [1.29, 1.82) is 0 Å². The lowest BCUT2D eigenvalue weighted by atomic mass is 10.1. The summed E-state index contributed by atoms with van der Waals surface area (Å²) in [5.74, 6) is 0.734. The Bertz CT molecular complexity index is 830. The molecule has 0 aliphatic rings. The highest BCUT2D eigenvalue weighted by atomic mass is 16.5. The zero-order chi connectivity index (χ0) is 18.2. The highest BCUT2D eigenvalue weighted by Gasteiger charge is 2.15. The van der Waals surface area contributed by atoms with Crippen molar-refractivity contribution in [2.24, 2.45) is 0 Å². The first-order chi connectivity index (χ1) is 12.8. The number of hydrogen-bond acceptors (Lipinski definition) is 3. The Morgan fingerprint density at radius 2 is 1.62 bits per heavy atom. The van der Waals surface area contributed by atoms with Gasteiger partial charge in [-0.25, -0.2) is 4.98 Å². The van der Waals surface area contributed by atoms with Crippen LogP contribution in [0.15, 0.2) is 54.6 Å². The molecule has 0 fully saturated rings. The van der Waals surface area contributed by atoms with Gasteiger partial charge in [-0.15, -0.1) is 0 Å². The molecule has 1 heterocycles. The summed E-state index contributed by atoms with van der Waals surface area (Å²) in [4.78, 5) is 4.68. The lowest BCUT2D eigenvalue weighted by Crippen LogP contribution is -2.00.